The predicted octanol–water partition coefficient (Wildman–Crippen LogP) is 2.01. The summed E-state index contributed by atoms with van der Waals surface area (Å²) in [7, 11) is 0. The van der Waals surface area contributed by atoms with Gasteiger partial charge < -0.3 is 19.7 Å². The highest BCUT2D eigenvalue weighted by atomic mass is 19.1. The minimum Gasteiger partial charge on any atom is -0.467 e. The number of hydrogen-bond acceptors (Lipinski definition) is 4. The molecule has 7 heteroatoms. The summed E-state index contributed by atoms with van der Waals surface area (Å²) >= 11 is 0. The highest BCUT2D eigenvalue weighted by Gasteiger charge is 2.24. The largest absolute Gasteiger partial charge is 0.467 e. The molecule has 3 rings (SSSR count). The maximum absolute atomic E-state index is 14.0. The van der Waals surface area contributed by atoms with Gasteiger partial charge in [-0.25, -0.2) is 4.39 Å². The van der Waals surface area contributed by atoms with E-state index in [1.807, 2.05) is 0 Å². The lowest BCUT2D eigenvalue weighted by Gasteiger charge is -2.17. The first kappa shape index (κ1) is 16.2. The van der Waals surface area contributed by atoms with Gasteiger partial charge in [-0.2, -0.15) is 0 Å². The number of furan rings is 1. The Kier molecular flexibility index (Phi) is 4.61. The normalized spacial score (nSPS) is 15.6. The van der Waals surface area contributed by atoms with Crippen LogP contribution in [0.5, 0.6) is 0 Å². The first-order valence-electron chi connectivity index (χ1n) is 7.66. The maximum atomic E-state index is 14.0. The van der Waals surface area contributed by atoms with Gasteiger partial charge in [-0.1, -0.05) is 0 Å². The Morgan fingerprint density at radius 2 is 2.25 bits per heavy atom. The quantitative estimate of drug-likeness (QED) is 0.877. The van der Waals surface area contributed by atoms with Crippen LogP contribution in [0.3, 0.4) is 0 Å². The van der Waals surface area contributed by atoms with Crippen LogP contribution in [0.4, 0.5) is 10.1 Å². The van der Waals surface area contributed by atoms with Crippen LogP contribution in [0, 0.1) is 5.82 Å². The van der Waals surface area contributed by atoms with Gasteiger partial charge in [0.1, 0.15) is 17.7 Å². The van der Waals surface area contributed by atoms with Crippen molar-refractivity contribution >= 4 is 17.5 Å². The molecule has 6 nitrogen and oxygen atoms in total. The number of benzene rings is 1. The topological polar surface area (TPSA) is 82.8 Å². The lowest BCUT2D eigenvalue weighted by Crippen LogP contribution is -2.29. The van der Waals surface area contributed by atoms with Gasteiger partial charge in [0.05, 0.1) is 18.4 Å². The third-order valence-electron chi connectivity index (χ3n) is 3.91. The summed E-state index contributed by atoms with van der Waals surface area (Å²) in [4.78, 5) is 25.5. The number of amides is 2. The van der Waals surface area contributed by atoms with Crippen molar-refractivity contribution in [2.75, 3.05) is 18.0 Å². The van der Waals surface area contributed by atoms with Gasteiger partial charge in [0.15, 0.2) is 0 Å². The second-order valence-electron chi connectivity index (χ2n) is 5.55. The zero-order valence-corrected chi connectivity index (χ0v) is 12.9. The second-order valence-corrected chi connectivity index (χ2v) is 5.55. The SMILES string of the molecule is O=C(NCC(O)c1ccco1)c1cc(N2CCCC2=O)ccc1F. The van der Waals surface area contributed by atoms with E-state index in [4.69, 9.17) is 4.42 Å². The Bertz CT molecular complexity index is 745. The average molecular weight is 332 g/mol. The van der Waals surface area contributed by atoms with E-state index >= 15 is 0 Å². The van der Waals surface area contributed by atoms with Gasteiger partial charge in [0.2, 0.25) is 5.91 Å². The second kappa shape index (κ2) is 6.84. The number of aliphatic hydroxyl groups is 1. The molecule has 1 unspecified atom stereocenters. The molecule has 2 heterocycles. The van der Waals surface area contributed by atoms with Crippen LogP contribution in [0.15, 0.2) is 41.0 Å². The monoisotopic (exact) mass is 332 g/mol. The van der Waals surface area contributed by atoms with Crippen LogP contribution in [-0.2, 0) is 4.79 Å². The number of aliphatic hydroxyl groups excluding tert-OH is 1. The van der Waals surface area contributed by atoms with E-state index in [-0.39, 0.29) is 18.0 Å². The first-order valence-corrected chi connectivity index (χ1v) is 7.66. The van der Waals surface area contributed by atoms with Crippen molar-refractivity contribution in [1.29, 1.82) is 0 Å². The predicted molar refractivity (Wildman–Crippen MR) is 84.0 cm³/mol. The molecule has 1 aromatic carbocycles. The molecule has 2 aromatic rings. The highest BCUT2D eigenvalue weighted by Crippen LogP contribution is 2.24. The van der Waals surface area contributed by atoms with E-state index in [1.165, 1.54) is 29.4 Å². The molecule has 0 bridgehead atoms. The zero-order chi connectivity index (χ0) is 17.1. The van der Waals surface area contributed by atoms with Gasteiger partial charge in [-0.3, -0.25) is 9.59 Å². The van der Waals surface area contributed by atoms with Crippen LogP contribution in [0.25, 0.3) is 0 Å². The average Bonchev–Trinajstić information content (AvgIpc) is 3.24. The molecule has 0 aliphatic carbocycles. The summed E-state index contributed by atoms with van der Waals surface area (Å²) in [5.41, 5.74) is 0.328. The minimum absolute atomic E-state index is 0.0405. The number of carbonyl (C=O) groups is 2. The summed E-state index contributed by atoms with van der Waals surface area (Å²) in [5, 5.41) is 12.3. The summed E-state index contributed by atoms with van der Waals surface area (Å²) < 4.78 is 19.0. The van der Waals surface area contributed by atoms with Gasteiger partial charge in [-0.05, 0) is 36.8 Å². The number of anilines is 1. The lowest BCUT2D eigenvalue weighted by molar-refractivity contribution is -0.117. The molecule has 126 valence electrons. The van der Waals surface area contributed by atoms with E-state index in [1.54, 1.807) is 12.1 Å². The van der Waals surface area contributed by atoms with E-state index in [9.17, 15) is 19.1 Å². The Morgan fingerprint density at radius 3 is 2.92 bits per heavy atom. The Labute approximate surface area is 137 Å². The van der Waals surface area contributed by atoms with Crippen molar-refractivity contribution in [3.8, 4) is 0 Å². The lowest BCUT2D eigenvalue weighted by atomic mass is 10.1. The van der Waals surface area contributed by atoms with Crippen molar-refractivity contribution < 1.29 is 23.5 Å². The molecule has 1 aromatic heterocycles. The van der Waals surface area contributed by atoms with Crippen LogP contribution >= 0.6 is 0 Å². The van der Waals surface area contributed by atoms with Crippen LogP contribution in [-0.4, -0.2) is 30.0 Å². The van der Waals surface area contributed by atoms with Gasteiger partial charge >= 0.3 is 0 Å². The van der Waals surface area contributed by atoms with Gasteiger partial charge in [0.25, 0.3) is 5.91 Å². The van der Waals surface area contributed by atoms with E-state index in [2.05, 4.69) is 5.32 Å². The van der Waals surface area contributed by atoms with Crippen molar-refractivity contribution in [3.05, 3.63) is 53.7 Å². The highest BCUT2D eigenvalue weighted by molar-refractivity contribution is 5.99. The standard InChI is InChI=1S/C17H17FN2O4/c18-13-6-5-11(20-7-1-4-16(20)22)9-12(13)17(23)19-10-14(21)15-3-2-8-24-15/h2-3,5-6,8-9,14,21H,1,4,7,10H2,(H,19,23). The Morgan fingerprint density at radius 1 is 1.42 bits per heavy atom. The fourth-order valence-corrected chi connectivity index (χ4v) is 2.64. The van der Waals surface area contributed by atoms with Crippen molar-refractivity contribution in [2.24, 2.45) is 0 Å². The number of nitrogens with one attached hydrogen (secondary N) is 1. The molecular formula is C17H17FN2O4. The fourth-order valence-electron chi connectivity index (χ4n) is 2.64. The Balaban J connectivity index is 1.71. The van der Waals surface area contributed by atoms with Crippen molar-refractivity contribution in [1.82, 2.24) is 5.32 Å². The zero-order valence-electron chi connectivity index (χ0n) is 12.9. The first-order chi connectivity index (χ1) is 11.6. The van der Waals surface area contributed by atoms with Gasteiger partial charge in [-0.15, -0.1) is 0 Å². The smallest absolute Gasteiger partial charge is 0.254 e. The third-order valence-corrected chi connectivity index (χ3v) is 3.91. The molecule has 2 N–H and O–H groups in total. The van der Waals surface area contributed by atoms with Gasteiger partial charge in [0, 0.05) is 18.7 Å². The molecule has 2 amide bonds. The number of nitrogens with zero attached hydrogens (tertiary/aromatic N) is 1. The number of rotatable bonds is 5. The molecule has 1 atom stereocenters. The molecule has 1 fully saturated rings. The molecule has 0 saturated carbocycles. The Hall–Kier alpha value is -2.67. The van der Waals surface area contributed by atoms with E-state index in [0.717, 1.165) is 6.42 Å². The molecule has 0 radical (unpaired) electrons. The van der Waals surface area contributed by atoms with Crippen molar-refractivity contribution in [2.45, 2.75) is 18.9 Å². The van der Waals surface area contributed by atoms with Crippen LogP contribution < -0.4 is 10.2 Å². The number of carbonyl (C=O) groups excluding carboxylic acids is 2. The summed E-state index contributed by atoms with van der Waals surface area (Å²) in [6.07, 6.45) is 1.59. The summed E-state index contributed by atoms with van der Waals surface area (Å²) in [6.45, 7) is 0.446. The van der Waals surface area contributed by atoms with E-state index < -0.39 is 17.8 Å². The van der Waals surface area contributed by atoms with Crippen LogP contribution in [0.2, 0.25) is 0 Å². The fraction of sp³-hybridized carbons (Fsp3) is 0.294. The number of halogens is 1. The molecule has 24 heavy (non-hydrogen) atoms. The van der Waals surface area contributed by atoms with Crippen LogP contribution in [0.1, 0.15) is 35.1 Å². The van der Waals surface area contributed by atoms with Crippen molar-refractivity contribution in [3.63, 3.8) is 0 Å². The minimum atomic E-state index is -1.02. The third kappa shape index (κ3) is 3.30. The summed E-state index contributed by atoms with van der Waals surface area (Å²) in [6, 6.07) is 7.20. The molecular weight excluding hydrogens is 315 g/mol. The molecule has 0 spiro atoms. The summed E-state index contributed by atoms with van der Waals surface area (Å²) in [5.74, 6) is -1.07. The maximum Gasteiger partial charge on any atom is 0.254 e. The molecule has 1 saturated heterocycles. The molecule has 1 aliphatic rings. The van der Waals surface area contributed by atoms with E-state index in [0.29, 0.717) is 24.4 Å². The number of hydrogen-bond donors (Lipinski definition) is 2. The molecule has 1 aliphatic heterocycles.